The number of aryl methyl sites for hydroxylation is 1. The second kappa shape index (κ2) is 5.05. The van der Waals surface area contributed by atoms with Crippen molar-refractivity contribution in [3.63, 3.8) is 0 Å². The van der Waals surface area contributed by atoms with Crippen molar-refractivity contribution in [2.75, 3.05) is 7.11 Å². The molecule has 1 rings (SSSR count). The highest BCUT2D eigenvalue weighted by molar-refractivity contribution is 7.86. The molecule has 96 valence electrons. The highest BCUT2D eigenvalue weighted by Crippen LogP contribution is 2.25. The molecule has 0 atom stereocenters. The molecule has 0 aliphatic rings. The Morgan fingerprint density at radius 2 is 1.82 bits per heavy atom. The summed E-state index contributed by atoms with van der Waals surface area (Å²) >= 11 is 0. The van der Waals surface area contributed by atoms with Gasteiger partial charge in [0.2, 0.25) is 0 Å². The zero-order valence-corrected chi connectivity index (χ0v) is 9.81. The zero-order chi connectivity index (χ0) is 13.1. The van der Waals surface area contributed by atoms with Crippen LogP contribution < -0.4 is 0 Å². The Labute approximate surface area is 97.3 Å². The van der Waals surface area contributed by atoms with Crippen molar-refractivity contribution >= 4 is 10.1 Å². The van der Waals surface area contributed by atoms with Gasteiger partial charge in [-0.15, -0.1) is 0 Å². The van der Waals surface area contributed by atoms with E-state index >= 15 is 0 Å². The first kappa shape index (κ1) is 14.0. The van der Waals surface area contributed by atoms with Crippen LogP contribution in [-0.2, 0) is 20.7 Å². The Morgan fingerprint density at radius 3 is 2.35 bits per heavy atom. The van der Waals surface area contributed by atoms with Gasteiger partial charge in [0.1, 0.15) is 0 Å². The predicted octanol–water partition coefficient (Wildman–Crippen LogP) is 2.52. The molecule has 17 heavy (non-hydrogen) atoms. The largest absolute Gasteiger partial charge is 0.389 e. The lowest BCUT2D eigenvalue weighted by molar-refractivity contribution is -0.134. The molecule has 0 heterocycles. The Hall–Kier alpha value is -1.08. The number of halogens is 3. The number of benzene rings is 1. The SMILES string of the molecule is COS(=O)(=O)c1ccccc1CCC(F)(F)F. The lowest BCUT2D eigenvalue weighted by atomic mass is 10.1. The van der Waals surface area contributed by atoms with E-state index in [1.165, 1.54) is 24.3 Å². The van der Waals surface area contributed by atoms with Crippen LogP contribution in [0.1, 0.15) is 12.0 Å². The van der Waals surface area contributed by atoms with Gasteiger partial charge in [-0.25, -0.2) is 0 Å². The average molecular weight is 268 g/mol. The molecule has 0 N–H and O–H groups in total. The lowest BCUT2D eigenvalue weighted by Gasteiger charge is -2.10. The quantitative estimate of drug-likeness (QED) is 0.788. The van der Waals surface area contributed by atoms with E-state index in [0.717, 1.165) is 7.11 Å². The molecule has 0 aromatic heterocycles. The van der Waals surface area contributed by atoms with Gasteiger partial charge in [-0.3, -0.25) is 4.18 Å². The van der Waals surface area contributed by atoms with Gasteiger partial charge in [0.15, 0.2) is 0 Å². The third-order valence-electron chi connectivity index (χ3n) is 2.14. The molecule has 3 nitrogen and oxygen atoms in total. The minimum atomic E-state index is -4.32. The van der Waals surface area contributed by atoms with Crippen LogP contribution >= 0.6 is 0 Å². The first-order valence-electron chi connectivity index (χ1n) is 4.71. The number of hydrogen-bond donors (Lipinski definition) is 0. The molecule has 0 amide bonds. The Kier molecular flexibility index (Phi) is 4.16. The molecule has 0 spiro atoms. The second-order valence-electron chi connectivity index (χ2n) is 3.34. The molecule has 1 aromatic rings. The maximum atomic E-state index is 12.1. The third-order valence-corrected chi connectivity index (χ3v) is 3.51. The summed E-state index contributed by atoms with van der Waals surface area (Å²) in [5.74, 6) is 0. The van der Waals surface area contributed by atoms with E-state index in [1.807, 2.05) is 0 Å². The summed E-state index contributed by atoms with van der Waals surface area (Å²) in [5, 5.41) is 0. The molecule has 7 heteroatoms. The van der Waals surface area contributed by atoms with Crippen molar-refractivity contribution in [1.82, 2.24) is 0 Å². The predicted molar refractivity (Wildman–Crippen MR) is 55.0 cm³/mol. The Morgan fingerprint density at radius 1 is 1.24 bits per heavy atom. The van der Waals surface area contributed by atoms with E-state index in [0.29, 0.717) is 0 Å². The maximum Gasteiger partial charge on any atom is 0.389 e. The van der Waals surface area contributed by atoms with Crippen LogP contribution in [0, 0.1) is 0 Å². The fraction of sp³-hybridized carbons (Fsp3) is 0.400. The summed E-state index contributed by atoms with van der Waals surface area (Å²) in [5.41, 5.74) is 0.103. The van der Waals surface area contributed by atoms with Crippen LogP contribution in [-0.4, -0.2) is 21.7 Å². The van der Waals surface area contributed by atoms with Gasteiger partial charge in [0, 0.05) is 6.42 Å². The van der Waals surface area contributed by atoms with Crippen molar-refractivity contribution in [3.8, 4) is 0 Å². The van der Waals surface area contributed by atoms with E-state index in [9.17, 15) is 21.6 Å². The number of rotatable bonds is 4. The molecule has 0 aliphatic carbocycles. The van der Waals surface area contributed by atoms with Gasteiger partial charge in [0.05, 0.1) is 12.0 Å². The molecule has 0 bridgehead atoms. The molecule has 0 radical (unpaired) electrons. The van der Waals surface area contributed by atoms with Gasteiger partial charge in [-0.05, 0) is 18.1 Å². The average Bonchev–Trinajstić information content (AvgIpc) is 2.26. The third kappa shape index (κ3) is 4.01. The minimum absolute atomic E-state index is 0.103. The summed E-state index contributed by atoms with van der Waals surface area (Å²) in [4.78, 5) is -0.216. The maximum absolute atomic E-state index is 12.1. The molecular formula is C10H11F3O3S. The van der Waals surface area contributed by atoms with E-state index in [4.69, 9.17) is 0 Å². The molecule has 1 aromatic carbocycles. The van der Waals surface area contributed by atoms with Crippen molar-refractivity contribution in [2.45, 2.75) is 23.9 Å². The van der Waals surface area contributed by atoms with E-state index in [-0.39, 0.29) is 16.9 Å². The second-order valence-corrected chi connectivity index (χ2v) is 5.03. The summed E-state index contributed by atoms with van der Waals surface area (Å²) in [6.07, 6.45) is -5.77. The molecule has 0 aliphatic heterocycles. The summed E-state index contributed by atoms with van der Waals surface area (Å²) < 4.78 is 63.4. The normalized spacial score (nSPS) is 12.7. The van der Waals surface area contributed by atoms with Crippen LogP contribution in [0.5, 0.6) is 0 Å². The van der Waals surface area contributed by atoms with Crippen LogP contribution in [0.15, 0.2) is 29.2 Å². The molecular weight excluding hydrogens is 257 g/mol. The van der Waals surface area contributed by atoms with Gasteiger partial charge < -0.3 is 0 Å². The standard InChI is InChI=1S/C10H11F3O3S/c1-16-17(14,15)9-5-3-2-4-8(9)6-7-10(11,12)13/h2-5H,6-7H2,1H3. The van der Waals surface area contributed by atoms with Crippen LogP contribution in [0.25, 0.3) is 0 Å². The molecule has 0 fully saturated rings. The topological polar surface area (TPSA) is 43.4 Å². The molecule has 0 saturated heterocycles. The van der Waals surface area contributed by atoms with Gasteiger partial charge in [-0.2, -0.15) is 21.6 Å². The first-order chi connectivity index (χ1) is 7.76. The Bertz CT molecular complexity index is 480. The van der Waals surface area contributed by atoms with Gasteiger partial charge in [-0.1, -0.05) is 18.2 Å². The Balaban J connectivity index is 3.02. The van der Waals surface area contributed by atoms with Crippen molar-refractivity contribution in [2.24, 2.45) is 0 Å². The molecule has 0 unspecified atom stereocenters. The minimum Gasteiger partial charge on any atom is -0.270 e. The zero-order valence-electron chi connectivity index (χ0n) is 8.99. The van der Waals surface area contributed by atoms with Crippen molar-refractivity contribution in [1.29, 1.82) is 0 Å². The van der Waals surface area contributed by atoms with E-state index < -0.39 is 22.7 Å². The van der Waals surface area contributed by atoms with Gasteiger partial charge in [0.25, 0.3) is 10.1 Å². The fourth-order valence-electron chi connectivity index (χ4n) is 1.32. The lowest BCUT2D eigenvalue weighted by Crippen LogP contribution is -2.11. The number of hydrogen-bond acceptors (Lipinski definition) is 3. The van der Waals surface area contributed by atoms with Crippen LogP contribution in [0.2, 0.25) is 0 Å². The highest BCUT2D eigenvalue weighted by atomic mass is 32.2. The summed E-state index contributed by atoms with van der Waals surface area (Å²) in [7, 11) is -3.00. The summed E-state index contributed by atoms with van der Waals surface area (Å²) in [6, 6.07) is 5.49. The summed E-state index contributed by atoms with van der Waals surface area (Å²) in [6.45, 7) is 0. The first-order valence-corrected chi connectivity index (χ1v) is 6.12. The fourth-order valence-corrected chi connectivity index (χ4v) is 2.24. The van der Waals surface area contributed by atoms with E-state index in [2.05, 4.69) is 4.18 Å². The molecule has 0 saturated carbocycles. The van der Waals surface area contributed by atoms with E-state index in [1.54, 1.807) is 0 Å². The highest BCUT2D eigenvalue weighted by Gasteiger charge is 2.28. The van der Waals surface area contributed by atoms with Crippen molar-refractivity contribution in [3.05, 3.63) is 29.8 Å². The monoisotopic (exact) mass is 268 g/mol. The van der Waals surface area contributed by atoms with Crippen LogP contribution in [0.4, 0.5) is 13.2 Å². The van der Waals surface area contributed by atoms with Crippen LogP contribution in [0.3, 0.4) is 0 Å². The van der Waals surface area contributed by atoms with Crippen molar-refractivity contribution < 1.29 is 25.8 Å². The number of alkyl halides is 3. The van der Waals surface area contributed by atoms with Gasteiger partial charge >= 0.3 is 6.18 Å². The smallest absolute Gasteiger partial charge is 0.270 e.